The normalized spacial score (nSPS) is 11.4. The summed E-state index contributed by atoms with van der Waals surface area (Å²) in [4.78, 5) is 12.5. The molecule has 1 aromatic carbocycles. The average Bonchev–Trinajstić information content (AvgIpc) is 3.09. The number of benzene rings is 1. The number of ether oxygens (including phenoxy) is 1. The van der Waals surface area contributed by atoms with Crippen LogP contribution in [0.1, 0.15) is 0 Å². The summed E-state index contributed by atoms with van der Waals surface area (Å²) in [5.74, 6) is 0.819. The number of aromatic nitrogens is 5. The number of fused-ring (bicyclic) bond motifs is 1. The first-order valence-electron chi connectivity index (χ1n) is 8.58. The van der Waals surface area contributed by atoms with Gasteiger partial charge in [-0.05, 0) is 24.3 Å². The third-order valence-electron chi connectivity index (χ3n) is 4.09. The average molecular weight is 429 g/mol. The van der Waals surface area contributed by atoms with Gasteiger partial charge in [-0.25, -0.2) is 22.8 Å². The van der Waals surface area contributed by atoms with Crippen LogP contribution in [0.3, 0.4) is 0 Å². The van der Waals surface area contributed by atoms with Crippen LogP contribution >= 0.6 is 0 Å². The topological polar surface area (TPSA) is 135 Å². The van der Waals surface area contributed by atoms with Gasteiger partial charge in [-0.15, -0.1) is 0 Å². The predicted octanol–water partition coefficient (Wildman–Crippen LogP) is 2.79. The molecule has 0 spiro atoms. The number of nitrogens with one attached hydrogen (secondary N) is 3. The zero-order chi connectivity index (χ0) is 21.3. The number of anilines is 4. The van der Waals surface area contributed by atoms with E-state index in [0.29, 0.717) is 34.1 Å². The maximum absolute atomic E-state index is 13.5. The largest absolute Gasteiger partial charge is 0.497 e. The van der Waals surface area contributed by atoms with Gasteiger partial charge in [-0.1, -0.05) is 0 Å². The Kier molecular flexibility index (Phi) is 4.91. The van der Waals surface area contributed by atoms with Crippen molar-refractivity contribution in [3.05, 3.63) is 48.5 Å². The van der Waals surface area contributed by atoms with Crippen LogP contribution in [-0.4, -0.2) is 46.9 Å². The van der Waals surface area contributed by atoms with Gasteiger partial charge in [-0.2, -0.15) is 10.1 Å². The lowest BCUT2D eigenvalue weighted by Gasteiger charge is -2.10. The van der Waals surface area contributed by atoms with Crippen LogP contribution in [0.4, 0.5) is 27.7 Å². The second-order valence-corrected chi connectivity index (χ2v) is 8.32. The minimum Gasteiger partial charge on any atom is -0.497 e. The first kappa shape index (κ1) is 19.5. The minimum absolute atomic E-state index is 0.0937. The number of sulfone groups is 1. The zero-order valence-corrected chi connectivity index (χ0v) is 16.7. The van der Waals surface area contributed by atoms with Crippen molar-refractivity contribution in [1.29, 1.82) is 0 Å². The van der Waals surface area contributed by atoms with E-state index in [1.54, 1.807) is 12.1 Å². The van der Waals surface area contributed by atoms with Gasteiger partial charge in [0.2, 0.25) is 5.95 Å². The highest BCUT2D eigenvalue weighted by molar-refractivity contribution is 7.90. The number of hydrogen-bond donors (Lipinski definition) is 3. The number of aromatic amines is 1. The van der Waals surface area contributed by atoms with Crippen molar-refractivity contribution in [3.8, 4) is 5.75 Å². The highest BCUT2D eigenvalue weighted by Crippen LogP contribution is 2.27. The molecular formula is C18H16FN7O3S. The summed E-state index contributed by atoms with van der Waals surface area (Å²) in [6.45, 7) is 0. The van der Waals surface area contributed by atoms with Crippen LogP contribution in [0.25, 0.3) is 11.0 Å². The van der Waals surface area contributed by atoms with Crippen LogP contribution in [0.2, 0.25) is 0 Å². The molecule has 0 saturated heterocycles. The summed E-state index contributed by atoms with van der Waals surface area (Å²) in [5.41, 5.74) is 0.861. The lowest BCUT2D eigenvalue weighted by molar-refractivity contribution is 0.413. The van der Waals surface area contributed by atoms with Crippen molar-refractivity contribution in [1.82, 2.24) is 25.1 Å². The third-order valence-corrected chi connectivity index (χ3v) is 5.18. The highest BCUT2D eigenvalue weighted by atomic mass is 32.2. The van der Waals surface area contributed by atoms with Gasteiger partial charge in [0.05, 0.1) is 23.6 Å². The highest BCUT2D eigenvalue weighted by Gasteiger charge is 2.13. The molecule has 0 atom stereocenters. The monoisotopic (exact) mass is 429 g/mol. The van der Waals surface area contributed by atoms with Crippen LogP contribution in [0, 0.1) is 5.82 Å². The summed E-state index contributed by atoms with van der Waals surface area (Å²) in [6.07, 6.45) is 3.71. The van der Waals surface area contributed by atoms with Crippen molar-refractivity contribution in [2.75, 3.05) is 24.0 Å². The number of H-pyrrole nitrogens is 1. The zero-order valence-electron chi connectivity index (χ0n) is 15.8. The number of halogens is 1. The van der Waals surface area contributed by atoms with Gasteiger partial charge >= 0.3 is 0 Å². The van der Waals surface area contributed by atoms with Gasteiger partial charge < -0.3 is 15.4 Å². The molecule has 0 bridgehead atoms. The molecule has 3 aromatic heterocycles. The fraction of sp³-hybridized carbons (Fsp3) is 0.111. The molecule has 30 heavy (non-hydrogen) atoms. The molecule has 0 unspecified atom stereocenters. The Bertz CT molecular complexity index is 1340. The van der Waals surface area contributed by atoms with Gasteiger partial charge in [0.15, 0.2) is 21.3 Å². The van der Waals surface area contributed by atoms with E-state index in [1.807, 2.05) is 0 Å². The summed E-state index contributed by atoms with van der Waals surface area (Å²) in [6, 6.07) is 7.41. The first-order valence-corrected chi connectivity index (χ1v) is 10.5. The number of hydrogen-bond acceptors (Lipinski definition) is 9. The summed E-state index contributed by atoms with van der Waals surface area (Å²) < 4.78 is 42.5. The fourth-order valence-electron chi connectivity index (χ4n) is 2.69. The van der Waals surface area contributed by atoms with Crippen LogP contribution in [-0.2, 0) is 9.84 Å². The lowest BCUT2D eigenvalue weighted by Crippen LogP contribution is -2.03. The molecule has 3 N–H and O–H groups in total. The minimum atomic E-state index is -3.44. The Hall–Kier alpha value is -3.80. The molecule has 0 radical (unpaired) electrons. The van der Waals surface area contributed by atoms with Crippen LogP contribution in [0.15, 0.2) is 47.6 Å². The maximum Gasteiger partial charge on any atom is 0.229 e. The molecule has 10 nitrogen and oxygen atoms in total. The Morgan fingerprint density at radius 3 is 2.73 bits per heavy atom. The number of methoxy groups -OCH3 is 1. The Morgan fingerprint density at radius 1 is 1.13 bits per heavy atom. The van der Waals surface area contributed by atoms with Crippen molar-refractivity contribution >= 4 is 44.1 Å². The summed E-state index contributed by atoms with van der Waals surface area (Å²) in [5, 5.41) is 13.2. The van der Waals surface area contributed by atoms with Crippen molar-refractivity contribution in [2.45, 2.75) is 4.90 Å². The molecule has 0 fully saturated rings. The first-order chi connectivity index (χ1) is 14.3. The van der Waals surface area contributed by atoms with E-state index in [-0.39, 0.29) is 10.8 Å². The predicted molar refractivity (Wildman–Crippen MR) is 109 cm³/mol. The van der Waals surface area contributed by atoms with E-state index in [4.69, 9.17) is 4.74 Å². The molecule has 154 valence electrons. The SMILES string of the molecule is COc1cc(Nc2nccc(Nc3n[nH]c4ncc(F)cc34)n2)cc(S(C)(=O)=O)c1. The molecule has 3 heterocycles. The van der Waals surface area contributed by atoms with E-state index in [1.165, 1.54) is 31.5 Å². The van der Waals surface area contributed by atoms with E-state index in [9.17, 15) is 12.8 Å². The summed E-state index contributed by atoms with van der Waals surface area (Å²) in [7, 11) is -2.00. The fourth-order valence-corrected chi connectivity index (χ4v) is 3.36. The number of nitrogens with zero attached hydrogens (tertiary/aromatic N) is 4. The van der Waals surface area contributed by atoms with E-state index in [2.05, 4.69) is 35.8 Å². The van der Waals surface area contributed by atoms with Crippen LogP contribution in [0.5, 0.6) is 5.75 Å². The molecule has 4 aromatic rings. The maximum atomic E-state index is 13.5. The lowest BCUT2D eigenvalue weighted by atomic mass is 10.3. The van der Waals surface area contributed by atoms with Gasteiger partial charge in [-0.3, -0.25) is 5.10 Å². The molecule has 12 heteroatoms. The molecule has 0 aliphatic heterocycles. The Morgan fingerprint density at radius 2 is 1.97 bits per heavy atom. The van der Waals surface area contributed by atoms with Crippen molar-refractivity contribution < 1.29 is 17.5 Å². The standard InChI is InChI=1S/C18H16FN7O3S/c1-29-12-6-11(7-13(8-12)30(2,27)28)22-18-20-4-3-15(24-18)23-17-14-5-10(19)9-21-16(14)25-26-17/h3-9H,1-2H3,(H3,20,21,22,23,24,25,26). The molecule has 0 aliphatic rings. The Balaban J connectivity index is 1.62. The van der Waals surface area contributed by atoms with Gasteiger partial charge in [0.25, 0.3) is 0 Å². The Labute approximate surface area is 170 Å². The quantitative estimate of drug-likeness (QED) is 0.423. The van der Waals surface area contributed by atoms with Gasteiger partial charge in [0.1, 0.15) is 17.4 Å². The summed E-state index contributed by atoms with van der Waals surface area (Å²) >= 11 is 0. The van der Waals surface area contributed by atoms with Crippen molar-refractivity contribution in [2.24, 2.45) is 0 Å². The second-order valence-electron chi connectivity index (χ2n) is 6.31. The van der Waals surface area contributed by atoms with Gasteiger partial charge in [0, 0.05) is 24.2 Å². The number of pyridine rings is 1. The van der Waals surface area contributed by atoms with E-state index >= 15 is 0 Å². The second kappa shape index (κ2) is 7.55. The van der Waals surface area contributed by atoms with Crippen LogP contribution < -0.4 is 15.4 Å². The third kappa shape index (κ3) is 4.12. The van der Waals surface area contributed by atoms with Crippen molar-refractivity contribution in [3.63, 3.8) is 0 Å². The smallest absolute Gasteiger partial charge is 0.229 e. The molecule has 0 saturated carbocycles. The molecule has 0 aliphatic carbocycles. The molecule has 4 rings (SSSR count). The number of rotatable bonds is 6. The van der Waals surface area contributed by atoms with E-state index < -0.39 is 15.7 Å². The van der Waals surface area contributed by atoms with E-state index in [0.717, 1.165) is 12.5 Å². The molecule has 0 amide bonds. The molecular weight excluding hydrogens is 413 g/mol.